The lowest BCUT2D eigenvalue weighted by Crippen LogP contribution is -2.46. The van der Waals surface area contributed by atoms with E-state index in [1.807, 2.05) is 35.2 Å². The number of carbonyl (C=O) groups excluding carboxylic acids is 1. The molecular weight excluding hydrogens is 292 g/mol. The van der Waals surface area contributed by atoms with Gasteiger partial charge >= 0.3 is 0 Å². The average molecular weight is 312 g/mol. The van der Waals surface area contributed by atoms with Crippen molar-refractivity contribution in [3.05, 3.63) is 42.2 Å². The molecule has 1 aromatic heterocycles. The summed E-state index contributed by atoms with van der Waals surface area (Å²) in [5, 5.41) is 8.16. The van der Waals surface area contributed by atoms with Gasteiger partial charge in [-0.2, -0.15) is 0 Å². The first-order chi connectivity index (χ1) is 11.3. The monoisotopic (exact) mass is 312 g/mol. The van der Waals surface area contributed by atoms with E-state index in [-0.39, 0.29) is 11.3 Å². The third-order valence-electron chi connectivity index (χ3n) is 4.87. The number of nitrogens with zero attached hydrogens (tertiary/aromatic N) is 4. The fourth-order valence-corrected chi connectivity index (χ4v) is 3.58. The molecule has 1 aromatic carbocycles. The highest BCUT2D eigenvalue weighted by molar-refractivity contribution is 5.92. The number of piperidine rings is 1. The normalized spacial score (nSPS) is 24.3. The van der Waals surface area contributed by atoms with E-state index in [0.717, 1.165) is 51.3 Å². The van der Waals surface area contributed by atoms with Crippen molar-refractivity contribution in [1.82, 2.24) is 19.9 Å². The summed E-state index contributed by atoms with van der Waals surface area (Å²) in [6.45, 7) is 3.14. The maximum absolute atomic E-state index is 12.8. The molecule has 23 heavy (non-hydrogen) atoms. The van der Waals surface area contributed by atoms with Gasteiger partial charge in [0.1, 0.15) is 0 Å². The third kappa shape index (κ3) is 2.74. The second-order valence-corrected chi connectivity index (χ2v) is 6.52. The van der Waals surface area contributed by atoms with Crippen molar-refractivity contribution < 1.29 is 9.53 Å². The first-order valence-electron chi connectivity index (χ1n) is 8.11. The molecule has 3 heterocycles. The first kappa shape index (κ1) is 14.4. The molecule has 0 saturated carbocycles. The number of aromatic nitrogens is 3. The van der Waals surface area contributed by atoms with Gasteiger partial charge in [-0.1, -0.05) is 23.4 Å². The van der Waals surface area contributed by atoms with Gasteiger partial charge in [0.15, 0.2) is 5.69 Å². The Morgan fingerprint density at radius 1 is 1.22 bits per heavy atom. The largest absolute Gasteiger partial charge is 0.381 e. The minimum Gasteiger partial charge on any atom is -0.381 e. The van der Waals surface area contributed by atoms with Gasteiger partial charge in [-0.05, 0) is 31.4 Å². The number of benzene rings is 1. The van der Waals surface area contributed by atoms with Crippen LogP contribution in [0.2, 0.25) is 0 Å². The van der Waals surface area contributed by atoms with Crippen molar-refractivity contribution >= 4 is 5.91 Å². The summed E-state index contributed by atoms with van der Waals surface area (Å²) >= 11 is 0. The van der Waals surface area contributed by atoms with Crippen molar-refractivity contribution in [2.24, 2.45) is 5.41 Å². The van der Waals surface area contributed by atoms with E-state index < -0.39 is 0 Å². The van der Waals surface area contributed by atoms with Gasteiger partial charge < -0.3 is 9.64 Å². The lowest BCUT2D eigenvalue weighted by Gasteiger charge is -2.39. The number of ether oxygens (including phenoxy) is 1. The van der Waals surface area contributed by atoms with Crippen molar-refractivity contribution in [2.45, 2.75) is 19.3 Å². The lowest BCUT2D eigenvalue weighted by atomic mass is 9.79. The fourth-order valence-electron chi connectivity index (χ4n) is 3.58. The molecule has 0 radical (unpaired) electrons. The molecule has 1 spiro atoms. The molecule has 0 bridgehead atoms. The maximum atomic E-state index is 12.8. The first-order valence-corrected chi connectivity index (χ1v) is 8.11. The van der Waals surface area contributed by atoms with E-state index in [9.17, 15) is 4.79 Å². The molecule has 6 nitrogen and oxygen atoms in total. The van der Waals surface area contributed by atoms with Crippen LogP contribution in [-0.2, 0) is 4.74 Å². The van der Waals surface area contributed by atoms with Crippen LogP contribution in [0.3, 0.4) is 0 Å². The fraction of sp³-hybridized carbons (Fsp3) is 0.471. The van der Waals surface area contributed by atoms with Crippen LogP contribution < -0.4 is 0 Å². The number of hydrogen-bond acceptors (Lipinski definition) is 4. The Bertz CT molecular complexity index is 692. The Hall–Kier alpha value is -2.21. The average Bonchev–Trinajstić information content (AvgIpc) is 3.25. The second-order valence-electron chi connectivity index (χ2n) is 6.52. The van der Waals surface area contributed by atoms with Crippen molar-refractivity contribution in [1.29, 1.82) is 0 Å². The second kappa shape index (κ2) is 5.77. The van der Waals surface area contributed by atoms with Crippen LogP contribution in [0.25, 0.3) is 5.69 Å². The van der Waals surface area contributed by atoms with Crippen LogP contribution in [0.1, 0.15) is 29.8 Å². The van der Waals surface area contributed by atoms with Crippen LogP contribution in [0, 0.1) is 5.41 Å². The van der Waals surface area contributed by atoms with Gasteiger partial charge in [0.2, 0.25) is 0 Å². The molecule has 2 saturated heterocycles. The number of hydrogen-bond donors (Lipinski definition) is 0. The van der Waals surface area contributed by atoms with E-state index in [2.05, 4.69) is 10.3 Å². The Morgan fingerprint density at radius 3 is 2.87 bits per heavy atom. The number of para-hydroxylation sites is 1. The van der Waals surface area contributed by atoms with Gasteiger partial charge in [-0.3, -0.25) is 4.79 Å². The maximum Gasteiger partial charge on any atom is 0.276 e. The van der Waals surface area contributed by atoms with E-state index >= 15 is 0 Å². The van der Waals surface area contributed by atoms with E-state index in [1.54, 1.807) is 10.9 Å². The van der Waals surface area contributed by atoms with Crippen LogP contribution in [0.15, 0.2) is 36.5 Å². The molecule has 0 unspecified atom stereocenters. The van der Waals surface area contributed by atoms with Gasteiger partial charge in [0, 0.05) is 25.1 Å². The molecule has 2 aromatic rings. The van der Waals surface area contributed by atoms with Crippen LogP contribution in [0.5, 0.6) is 0 Å². The van der Waals surface area contributed by atoms with Crippen molar-refractivity contribution in [3.8, 4) is 5.69 Å². The minimum absolute atomic E-state index is 0.0295. The van der Waals surface area contributed by atoms with Crippen LogP contribution in [-0.4, -0.2) is 52.1 Å². The summed E-state index contributed by atoms with van der Waals surface area (Å²) in [5.74, 6) is -0.0295. The Labute approximate surface area is 135 Å². The van der Waals surface area contributed by atoms with Gasteiger partial charge in [-0.15, -0.1) is 5.10 Å². The highest BCUT2D eigenvalue weighted by atomic mass is 16.5. The number of rotatable bonds is 2. The molecule has 0 aliphatic carbocycles. The predicted octanol–water partition coefficient (Wildman–Crippen LogP) is 1.91. The van der Waals surface area contributed by atoms with Gasteiger partial charge in [0.25, 0.3) is 5.91 Å². The molecule has 2 fully saturated rings. The number of likely N-dealkylation sites (tertiary alicyclic amines) is 1. The van der Waals surface area contributed by atoms with E-state index in [1.165, 1.54) is 0 Å². The third-order valence-corrected chi connectivity index (χ3v) is 4.87. The van der Waals surface area contributed by atoms with E-state index in [0.29, 0.717) is 5.69 Å². The Kier molecular flexibility index (Phi) is 3.61. The minimum atomic E-state index is -0.0295. The number of carbonyl (C=O) groups is 1. The van der Waals surface area contributed by atoms with Crippen molar-refractivity contribution in [3.63, 3.8) is 0 Å². The van der Waals surface area contributed by atoms with Crippen LogP contribution in [0.4, 0.5) is 0 Å². The summed E-state index contributed by atoms with van der Waals surface area (Å²) in [6, 6.07) is 9.70. The highest BCUT2D eigenvalue weighted by Gasteiger charge is 2.40. The van der Waals surface area contributed by atoms with Gasteiger partial charge in [-0.25, -0.2) is 4.68 Å². The molecule has 2 aliphatic rings. The zero-order valence-corrected chi connectivity index (χ0v) is 13.0. The van der Waals surface area contributed by atoms with E-state index in [4.69, 9.17) is 4.74 Å². The molecule has 120 valence electrons. The SMILES string of the molecule is O=C(c1cn(-c2ccccc2)nn1)N1CCC[C@@]2(CCOC2)C1. The zero-order valence-electron chi connectivity index (χ0n) is 13.0. The standard InChI is InChI=1S/C17H20N4O2/c22-16(20-9-4-7-17(12-20)8-10-23-13-17)15-11-21(19-18-15)14-5-2-1-3-6-14/h1-3,5-6,11H,4,7-10,12-13H2/t17-/m1/s1. The lowest BCUT2D eigenvalue weighted by molar-refractivity contribution is 0.0457. The molecule has 4 rings (SSSR count). The Morgan fingerprint density at radius 2 is 2.09 bits per heavy atom. The summed E-state index contributed by atoms with van der Waals surface area (Å²) in [7, 11) is 0. The predicted molar refractivity (Wildman–Crippen MR) is 84.4 cm³/mol. The van der Waals surface area contributed by atoms with Gasteiger partial charge in [0.05, 0.1) is 18.5 Å². The molecule has 0 N–H and O–H groups in total. The number of amides is 1. The van der Waals surface area contributed by atoms with Crippen LogP contribution >= 0.6 is 0 Å². The smallest absolute Gasteiger partial charge is 0.276 e. The quantitative estimate of drug-likeness (QED) is 0.850. The Balaban J connectivity index is 1.52. The summed E-state index contributed by atoms with van der Waals surface area (Å²) < 4.78 is 7.21. The highest BCUT2D eigenvalue weighted by Crippen LogP contribution is 2.37. The summed E-state index contributed by atoms with van der Waals surface area (Å²) in [6.07, 6.45) is 4.94. The summed E-state index contributed by atoms with van der Waals surface area (Å²) in [4.78, 5) is 14.7. The molecule has 2 aliphatic heterocycles. The molecular formula is C17H20N4O2. The molecule has 6 heteroatoms. The topological polar surface area (TPSA) is 60.2 Å². The van der Waals surface area contributed by atoms with Crippen molar-refractivity contribution in [2.75, 3.05) is 26.3 Å². The summed E-state index contributed by atoms with van der Waals surface area (Å²) in [5.41, 5.74) is 1.46. The molecule has 1 atom stereocenters. The zero-order chi connectivity index (χ0) is 15.7. The molecule has 1 amide bonds.